The minimum atomic E-state index is -0.253. The minimum Gasteiger partial charge on any atom is -0.497 e. The van der Waals surface area contributed by atoms with Crippen LogP contribution < -0.4 is 15.4 Å². The number of hydrogen-bond acceptors (Lipinski definition) is 3. The van der Waals surface area contributed by atoms with Gasteiger partial charge in [-0.1, -0.05) is 24.3 Å². The van der Waals surface area contributed by atoms with Crippen molar-refractivity contribution in [2.45, 2.75) is 6.54 Å². The molecule has 0 saturated heterocycles. The highest BCUT2D eigenvalue weighted by molar-refractivity contribution is 5.89. The third-order valence-corrected chi connectivity index (χ3v) is 3.77. The van der Waals surface area contributed by atoms with E-state index >= 15 is 0 Å². The molecule has 0 fully saturated rings. The van der Waals surface area contributed by atoms with Crippen molar-refractivity contribution in [2.75, 3.05) is 12.4 Å². The summed E-state index contributed by atoms with van der Waals surface area (Å²) in [6, 6.07) is 15.0. The number of amides is 2. The second-order valence-electron chi connectivity index (χ2n) is 5.64. The maximum atomic E-state index is 12.0. The van der Waals surface area contributed by atoms with Crippen LogP contribution >= 0.6 is 0 Å². The Labute approximate surface area is 146 Å². The van der Waals surface area contributed by atoms with E-state index in [-0.39, 0.29) is 6.03 Å². The zero-order valence-electron chi connectivity index (χ0n) is 14.2. The summed E-state index contributed by atoms with van der Waals surface area (Å²) < 4.78 is 6.93. The van der Waals surface area contributed by atoms with Gasteiger partial charge in [0.1, 0.15) is 5.75 Å². The van der Waals surface area contributed by atoms with Crippen LogP contribution in [0, 0.1) is 0 Å². The average Bonchev–Trinajstić information content (AvgIpc) is 3.07. The maximum Gasteiger partial charge on any atom is 0.319 e. The molecule has 25 heavy (non-hydrogen) atoms. The van der Waals surface area contributed by atoms with Gasteiger partial charge in [0.25, 0.3) is 0 Å². The molecule has 6 heteroatoms. The van der Waals surface area contributed by atoms with Crippen molar-refractivity contribution >= 4 is 11.7 Å². The quantitative estimate of drug-likeness (QED) is 0.750. The first kappa shape index (κ1) is 16.6. The van der Waals surface area contributed by atoms with Crippen molar-refractivity contribution < 1.29 is 9.53 Å². The van der Waals surface area contributed by atoms with Crippen LogP contribution in [0.25, 0.3) is 11.1 Å². The topological polar surface area (TPSA) is 68.2 Å². The van der Waals surface area contributed by atoms with Gasteiger partial charge < -0.3 is 15.4 Å². The Bertz CT molecular complexity index is 856. The number of carbonyl (C=O) groups excluding carboxylic acids is 1. The van der Waals surface area contributed by atoms with Crippen LogP contribution in [0.15, 0.2) is 60.9 Å². The van der Waals surface area contributed by atoms with Gasteiger partial charge in [-0.2, -0.15) is 5.10 Å². The van der Waals surface area contributed by atoms with E-state index in [0.29, 0.717) is 6.54 Å². The summed E-state index contributed by atoms with van der Waals surface area (Å²) in [5.74, 6) is 0.769. The first-order valence-electron chi connectivity index (χ1n) is 7.91. The smallest absolute Gasteiger partial charge is 0.319 e. The Hall–Kier alpha value is -3.28. The van der Waals surface area contributed by atoms with E-state index in [1.54, 1.807) is 11.8 Å². The summed E-state index contributed by atoms with van der Waals surface area (Å²) in [5.41, 5.74) is 3.80. The fourth-order valence-electron chi connectivity index (χ4n) is 2.46. The number of ether oxygens (including phenoxy) is 1. The summed E-state index contributed by atoms with van der Waals surface area (Å²) in [4.78, 5) is 12.0. The largest absolute Gasteiger partial charge is 0.497 e. The third kappa shape index (κ3) is 4.38. The molecule has 0 unspecified atom stereocenters. The molecule has 0 saturated carbocycles. The third-order valence-electron chi connectivity index (χ3n) is 3.77. The maximum absolute atomic E-state index is 12.0. The summed E-state index contributed by atoms with van der Waals surface area (Å²) in [7, 11) is 3.50. The van der Waals surface area contributed by atoms with Crippen LogP contribution in [0.5, 0.6) is 5.75 Å². The summed E-state index contributed by atoms with van der Waals surface area (Å²) >= 11 is 0. The van der Waals surface area contributed by atoms with Gasteiger partial charge in [-0.15, -0.1) is 0 Å². The molecule has 0 bridgehead atoms. The second-order valence-corrected chi connectivity index (χ2v) is 5.64. The van der Waals surface area contributed by atoms with Crippen LogP contribution in [-0.4, -0.2) is 22.9 Å². The molecule has 2 N–H and O–H groups in total. The highest BCUT2D eigenvalue weighted by Crippen LogP contribution is 2.20. The molecule has 0 aliphatic carbocycles. The molecule has 2 amide bonds. The number of hydrogen-bond donors (Lipinski definition) is 2. The zero-order chi connectivity index (χ0) is 17.6. The van der Waals surface area contributed by atoms with Crippen LogP contribution in [0.4, 0.5) is 10.5 Å². The fourth-order valence-corrected chi connectivity index (χ4v) is 2.46. The van der Waals surface area contributed by atoms with Gasteiger partial charge in [0.05, 0.1) is 13.3 Å². The lowest BCUT2D eigenvalue weighted by Gasteiger charge is -2.09. The number of aryl methyl sites for hydroxylation is 1. The summed E-state index contributed by atoms with van der Waals surface area (Å²) in [5, 5.41) is 9.81. The number of anilines is 1. The van der Waals surface area contributed by atoms with E-state index in [2.05, 4.69) is 15.7 Å². The molecule has 0 radical (unpaired) electrons. The second kappa shape index (κ2) is 7.53. The predicted molar refractivity (Wildman–Crippen MR) is 97.5 cm³/mol. The average molecular weight is 336 g/mol. The van der Waals surface area contributed by atoms with Gasteiger partial charge in [0.2, 0.25) is 0 Å². The van der Waals surface area contributed by atoms with E-state index in [1.165, 1.54) is 0 Å². The van der Waals surface area contributed by atoms with Crippen molar-refractivity contribution in [1.82, 2.24) is 15.1 Å². The summed E-state index contributed by atoms with van der Waals surface area (Å²) in [6.07, 6.45) is 3.76. The molecule has 0 atom stereocenters. The Kier molecular flexibility index (Phi) is 4.99. The van der Waals surface area contributed by atoms with Gasteiger partial charge >= 0.3 is 6.03 Å². The number of carbonyl (C=O) groups is 1. The monoisotopic (exact) mass is 336 g/mol. The van der Waals surface area contributed by atoms with Crippen molar-refractivity contribution in [3.8, 4) is 16.9 Å². The predicted octanol–water partition coefficient (Wildman–Crippen LogP) is 3.42. The molecule has 3 rings (SSSR count). The minimum absolute atomic E-state index is 0.253. The van der Waals surface area contributed by atoms with E-state index in [0.717, 1.165) is 28.1 Å². The van der Waals surface area contributed by atoms with Crippen molar-refractivity contribution in [3.05, 3.63) is 66.5 Å². The lowest BCUT2D eigenvalue weighted by Crippen LogP contribution is -2.28. The molecule has 1 heterocycles. The Morgan fingerprint density at radius 2 is 1.96 bits per heavy atom. The van der Waals surface area contributed by atoms with Crippen LogP contribution in [0.2, 0.25) is 0 Å². The van der Waals surface area contributed by atoms with Gasteiger partial charge in [-0.05, 0) is 35.4 Å². The molecule has 2 aromatic carbocycles. The molecular weight excluding hydrogens is 316 g/mol. The van der Waals surface area contributed by atoms with Gasteiger partial charge in [-0.25, -0.2) is 4.79 Å². The number of benzene rings is 2. The van der Waals surface area contributed by atoms with Crippen molar-refractivity contribution in [3.63, 3.8) is 0 Å². The number of methoxy groups -OCH3 is 1. The number of rotatable bonds is 5. The molecular formula is C19H20N4O2. The highest BCUT2D eigenvalue weighted by Gasteiger charge is 2.04. The first-order valence-corrected chi connectivity index (χ1v) is 7.91. The van der Waals surface area contributed by atoms with Crippen LogP contribution in [-0.2, 0) is 13.6 Å². The standard InChI is InChI=1S/C19H20N4O2/c1-23-13-16(12-21-23)15-6-8-17(9-7-15)22-19(24)20-11-14-4-3-5-18(10-14)25-2/h3-10,12-13H,11H2,1-2H3,(H2,20,22,24). The van der Waals surface area contributed by atoms with E-state index in [9.17, 15) is 4.79 Å². The molecule has 1 aromatic heterocycles. The Morgan fingerprint density at radius 1 is 1.16 bits per heavy atom. The fraction of sp³-hybridized carbons (Fsp3) is 0.158. The Balaban J connectivity index is 1.55. The van der Waals surface area contributed by atoms with Crippen molar-refractivity contribution in [2.24, 2.45) is 7.05 Å². The molecule has 128 valence electrons. The van der Waals surface area contributed by atoms with Crippen LogP contribution in [0.3, 0.4) is 0 Å². The number of urea groups is 1. The van der Waals surface area contributed by atoms with E-state index < -0.39 is 0 Å². The number of nitrogens with one attached hydrogen (secondary N) is 2. The normalized spacial score (nSPS) is 10.3. The lowest BCUT2D eigenvalue weighted by molar-refractivity contribution is 0.251. The van der Waals surface area contributed by atoms with Gasteiger partial charge in [-0.3, -0.25) is 4.68 Å². The molecule has 3 aromatic rings. The SMILES string of the molecule is COc1cccc(CNC(=O)Nc2ccc(-c3cnn(C)c3)cc2)c1. The van der Waals surface area contributed by atoms with Crippen molar-refractivity contribution in [1.29, 1.82) is 0 Å². The molecule has 0 spiro atoms. The molecule has 0 aliphatic heterocycles. The summed E-state index contributed by atoms with van der Waals surface area (Å²) in [6.45, 7) is 0.427. The lowest BCUT2D eigenvalue weighted by atomic mass is 10.1. The van der Waals surface area contributed by atoms with Crippen LogP contribution in [0.1, 0.15) is 5.56 Å². The number of nitrogens with zero attached hydrogens (tertiary/aromatic N) is 2. The van der Waals surface area contributed by atoms with E-state index in [1.807, 2.05) is 68.0 Å². The van der Waals surface area contributed by atoms with Gasteiger partial charge in [0, 0.05) is 31.0 Å². The highest BCUT2D eigenvalue weighted by atomic mass is 16.5. The Morgan fingerprint density at radius 3 is 2.64 bits per heavy atom. The zero-order valence-corrected chi connectivity index (χ0v) is 14.2. The molecule has 0 aliphatic rings. The number of aromatic nitrogens is 2. The van der Waals surface area contributed by atoms with Gasteiger partial charge in [0.15, 0.2) is 0 Å². The van der Waals surface area contributed by atoms with E-state index in [4.69, 9.17) is 4.74 Å². The molecule has 6 nitrogen and oxygen atoms in total. The first-order chi connectivity index (χ1) is 12.1.